The van der Waals surface area contributed by atoms with Crippen LogP contribution in [0.4, 0.5) is 0 Å². The quantitative estimate of drug-likeness (QED) is 0.497. The molecule has 0 aliphatic heterocycles. The number of aliphatic carboxylic acids is 2. The van der Waals surface area contributed by atoms with Crippen molar-refractivity contribution in [2.45, 2.75) is 46.5 Å². The largest absolute Gasteiger partial charge is 0.478 e. The fraction of sp³-hybridized carbons (Fsp3) is 0.500. The van der Waals surface area contributed by atoms with Crippen LogP contribution < -0.4 is 0 Å². The van der Waals surface area contributed by atoms with E-state index >= 15 is 0 Å². The molecule has 2 N–H and O–H groups in total. The van der Waals surface area contributed by atoms with Gasteiger partial charge in [-0.1, -0.05) is 37.6 Å². The average molecular weight is 280 g/mol. The molecule has 0 aromatic rings. The summed E-state index contributed by atoms with van der Waals surface area (Å²) in [5, 5.41) is 17.0. The predicted molar refractivity (Wildman–Crippen MR) is 79.6 cm³/mol. The summed E-state index contributed by atoms with van der Waals surface area (Å²) in [6.45, 7) is 6.05. The molecule has 112 valence electrons. The lowest BCUT2D eigenvalue weighted by atomic mass is 9.86. The van der Waals surface area contributed by atoms with Gasteiger partial charge < -0.3 is 10.2 Å². The Balaban J connectivity index is 4.07. The fourth-order valence-electron chi connectivity index (χ4n) is 1.74. The van der Waals surface area contributed by atoms with E-state index < -0.39 is 11.9 Å². The smallest absolute Gasteiger partial charge is 0.327 e. The molecule has 0 rings (SSSR count). The first-order valence-corrected chi connectivity index (χ1v) is 6.70. The van der Waals surface area contributed by atoms with E-state index in [1.54, 1.807) is 12.2 Å². The number of carbonyl (C=O) groups is 2. The van der Waals surface area contributed by atoms with Crippen LogP contribution in [0.2, 0.25) is 0 Å². The Morgan fingerprint density at radius 3 is 2.25 bits per heavy atom. The minimum absolute atomic E-state index is 0.123. The molecule has 0 fully saturated rings. The van der Waals surface area contributed by atoms with Gasteiger partial charge in [0.05, 0.1) is 0 Å². The van der Waals surface area contributed by atoms with Gasteiger partial charge in [0, 0.05) is 12.2 Å². The highest BCUT2D eigenvalue weighted by atomic mass is 16.4. The van der Waals surface area contributed by atoms with E-state index in [2.05, 4.69) is 0 Å². The normalized spacial score (nSPS) is 13.2. The van der Waals surface area contributed by atoms with Crippen molar-refractivity contribution in [1.29, 1.82) is 0 Å². The van der Waals surface area contributed by atoms with E-state index in [1.807, 2.05) is 26.8 Å². The molecular formula is C16H24O4. The van der Waals surface area contributed by atoms with Crippen LogP contribution >= 0.6 is 0 Å². The van der Waals surface area contributed by atoms with E-state index in [-0.39, 0.29) is 5.41 Å². The van der Waals surface area contributed by atoms with E-state index in [1.165, 1.54) is 11.6 Å². The molecule has 0 atom stereocenters. The summed E-state index contributed by atoms with van der Waals surface area (Å²) in [6, 6.07) is 0. The van der Waals surface area contributed by atoms with Gasteiger partial charge in [0.1, 0.15) is 0 Å². The Morgan fingerprint density at radius 1 is 1.10 bits per heavy atom. The van der Waals surface area contributed by atoms with E-state index in [4.69, 9.17) is 10.2 Å². The second kappa shape index (κ2) is 9.13. The topological polar surface area (TPSA) is 74.6 Å². The molecule has 0 bridgehead atoms. The molecule has 0 unspecified atom stereocenters. The number of allylic oxidation sites excluding steroid dienone is 4. The molecule has 0 saturated heterocycles. The zero-order chi connectivity index (χ0) is 15.6. The van der Waals surface area contributed by atoms with Crippen LogP contribution in [0.5, 0.6) is 0 Å². The van der Waals surface area contributed by atoms with Crippen LogP contribution in [-0.4, -0.2) is 22.2 Å². The molecule has 0 aliphatic carbocycles. The summed E-state index contributed by atoms with van der Waals surface area (Å²) in [6.07, 6.45) is 11.1. The van der Waals surface area contributed by atoms with Crippen molar-refractivity contribution in [3.05, 3.63) is 36.0 Å². The van der Waals surface area contributed by atoms with Gasteiger partial charge in [0.25, 0.3) is 0 Å². The standard InChI is InChI=1S/C16H24O4/c1-13(7-4-5-9-14(17)18)8-6-11-16(2,3)12-10-15(19)20/h5,7,9-10,12H,4,6,8,11H2,1-3H3,(H,17,18)(H,19,20). The maximum atomic E-state index is 10.5. The molecule has 20 heavy (non-hydrogen) atoms. The number of rotatable bonds is 9. The Bertz CT molecular complexity index is 414. The highest BCUT2D eigenvalue weighted by molar-refractivity contribution is 5.80. The first-order valence-electron chi connectivity index (χ1n) is 6.70. The number of hydrogen-bond acceptors (Lipinski definition) is 2. The van der Waals surface area contributed by atoms with Crippen LogP contribution in [0.15, 0.2) is 36.0 Å². The SMILES string of the molecule is CC(=CCC=CC(=O)O)CCCC(C)(C)C=CC(=O)O. The first kappa shape index (κ1) is 18.2. The second-order valence-electron chi connectivity index (χ2n) is 5.54. The summed E-state index contributed by atoms with van der Waals surface area (Å²) in [5.41, 5.74) is 1.10. The van der Waals surface area contributed by atoms with Gasteiger partial charge in [-0.2, -0.15) is 0 Å². The molecular weight excluding hydrogens is 256 g/mol. The summed E-state index contributed by atoms with van der Waals surface area (Å²) >= 11 is 0. The first-order chi connectivity index (χ1) is 9.23. The summed E-state index contributed by atoms with van der Waals surface area (Å²) in [4.78, 5) is 20.8. The number of hydrogen-bond donors (Lipinski definition) is 2. The van der Waals surface area contributed by atoms with E-state index in [0.29, 0.717) is 6.42 Å². The third-order valence-corrected chi connectivity index (χ3v) is 2.93. The number of carboxylic acids is 2. The van der Waals surface area contributed by atoms with Gasteiger partial charge in [-0.15, -0.1) is 0 Å². The fourth-order valence-corrected chi connectivity index (χ4v) is 1.74. The summed E-state index contributed by atoms with van der Waals surface area (Å²) in [5.74, 6) is -1.85. The molecule has 0 aromatic heterocycles. The van der Waals surface area contributed by atoms with Crippen molar-refractivity contribution in [1.82, 2.24) is 0 Å². The Morgan fingerprint density at radius 2 is 1.70 bits per heavy atom. The Labute approximate surface area is 120 Å². The third kappa shape index (κ3) is 11.3. The monoisotopic (exact) mass is 280 g/mol. The van der Waals surface area contributed by atoms with E-state index in [9.17, 15) is 9.59 Å². The minimum atomic E-state index is -0.928. The van der Waals surface area contributed by atoms with Crippen molar-refractivity contribution in [3.8, 4) is 0 Å². The molecule has 4 heteroatoms. The van der Waals surface area contributed by atoms with Crippen LogP contribution in [0, 0.1) is 5.41 Å². The van der Waals surface area contributed by atoms with Gasteiger partial charge in [-0.3, -0.25) is 0 Å². The van der Waals surface area contributed by atoms with Gasteiger partial charge in [0.15, 0.2) is 0 Å². The second-order valence-corrected chi connectivity index (χ2v) is 5.54. The average Bonchev–Trinajstić information content (AvgIpc) is 2.32. The molecule has 0 heterocycles. The van der Waals surface area contributed by atoms with Crippen LogP contribution in [0.3, 0.4) is 0 Å². The van der Waals surface area contributed by atoms with Crippen LogP contribution in [0.1, 0.15) is 46.5 Å². The van der Waals surface area contributed by atoms with Crippen molar-refractivity contribution in [2.75, 3.05) is 0 Å². The third-order valence-electron chi connectivity index (χ3n) is 2.93. The predicted octanol–water partition coefficient (Wildman–Crippen LogP) is 3.80. The van der Waals surface area contributed by atoms with Crippen molar-refractivity contribution < 1.29 is 19.8 Å². The lowest BCUT2D eigenvalue weighted by Gasteiger charge is -2.19. The maximum Gasteiger partial charge on any atom is 0.327 e. The van der Waals surface area contributed by atoms with Crippen molar-refractivity contribution in [3.63, 3.8) is 0 Å². The minimum Gasteiger partial charge on any atom is -0.478 e. The molecule has 0 radical (unpaired) electrons. The summed E-state index contributed by atoms with van der Waals surface area (Å²) in [7, 11) is 0. The number of carboxylic acid groups (broad SMARTS) is 2. The zero-order valence-corrected chi connectivity index (χ0v) is 12.4. The van der Waals surface area contributed by atoms with Gasteiger partial charge in [-0.05, 0) is 38.0 Å². The highest BCUT2D eigenvalue weighted by Gasteiger charge is 2.13. The summed E-state index contributed by atoms with van der Waals surface area (Å²) < 4.78 is 0. The zero-order valence-electron chi connectivity index (χ0n) is 12.4. The highest BCUT2D eigenvalue weighted by Crippen LogP contribution is 2.26. The van der Waals surface area contributed by atoms with Crippen LogP contribution in [0.25, 0.3) is 0 Å². The Kier molecular flexibility index (Phi) is 8.29. The van der Waals surface area contributed by atoms with Gasteiger partial charge in [-0.25, -0.2) is 9.59 Å². The van der Waals surface area contributed by atoms with Gasteiger partial charge >= 0.3 is 11.9 Å². The molecule has 0 aliphatic rings. The van der Waals surface area contributed by atoms with Gasteiger partial charge in [0.2, 0.25) is 0 Å². The Hall–Kier alpha value is -1.84. The molecule has 4 nitrogen and oxygen atoms in total. The molecule has 0 saturated carbocycles. The molecule has 0 amide bonds. The lowest BCUT2D eigenvalue weighted by Crippen LogP contribution is -2.08. The van der Waals surface area contributed by atoms with Crippen molar-refractivity contribution in [2.24, 2.45) is 5.41 Å². The van der Waals surface area contributed by atoms with E-state index in [0.717, 1.165) is 25.3 Å². The van der Waals surface area contributed by atoms with Crippen LogP contribution in [-0.2, 0) is 9.59 Å². The maximum absolute atomic E-state index is 10.5. The van der Waals surface area contributed by atoms with Crippen molar-refractivity contribution >= 4 is 11.9 Å². The molecule has 0 aromatic carbocycles. The lowest BCUT2D eigenvalue weighted by molar-refractivity contribution is -0.132. The molecule has 0 spiro atoms.